The molecule has 190 valence electrons. The van der Waals surface area contributed by atoms with Gasteiger partial charge in [0.25, 0.3) is 5.91 Å². The zero-order valence-electron chi connectivity index (χ0n) is 20.1. The molecule has 1 aliphatic rings. The largest absolute Gasteiger partial charge is 0.416 e. The van der Waals surface area contributed by atoms with Crippen LogP contribution in [-0.2, 0) is 12.7 Å². The van der Waals surface area contributed by atoms with Gasteiger partial charge in [-0.25, -0.2) is 0 Å². The highest BCUT2D eigenvalue weighted by atomic mass is 32.2. The standard InChI is InChI=1S/C29H25F3N2O2S/c1-2-37-24-12-3-18(4-13-24)17-33-28(36)20-7-14-25-21(15-20)16-26(34(25)23-10-11-23)27(35)19-5-8-22(9-6-19)29(30,31)32/h3-9,12-16,23H,2,10-11,17H2,1H3,(H,33,36). The van der Waals surface area contributed by atoms with E-state index in [0.717, 1.165) is 47.2 Å². The van der Waals surface area contributed by atoms with E-state index in [2.05, 4.69) is 12.2 Å². The number of benzene rings is 3. The van der Waals surface area contributed by atoms with Crippen LogP contribution in [0, 0.1) is 0 Å². The Morgan fingerprint density at radius 3 is 2.24 bits per heavy atom. The molecule has 0 unspecified atom stereocenters. The highest BCUT2D eigenvalue weighted by Gasteiger charge is 2.32. The van der Waals surface area contributed by atoms with E-state index in [1.807, 2.05) is 34.9 Å². The maximum Gasteiger partial charge on any atom is 0.416 e. The van der Waals surface area contributed by atoms with Gasteiger partial charge in [-0.05, 0) is 72.7 Å². The number of thioether (sulfide) groups is 1. The van der Waals surface area contributed by atoms with Gasteiger partial charge in [0.15, 0.2) is 0 Å². The number of fused-ring (bicyclic) bond motifs is 1. The Bertz CT molecular complexity index is 1450. The highest BCUT2D eigenvalue weighted by molar-refractivity contribution is 7.99. The molecule has 1 aliphatic carbocycles. The first kappa shape index (κ1) is 25.1. The average Bonchev–Trinajstić information content (AvgIpc) is 3.66. The number of hydrogen-bond donors (Lipinski definition) is 1. The molecular weight excluding hydrogens is 497 g/mol. The van der Waals surface area contributed by atoms with Crippen molar-refractivity contribution in [3.05, 3.63) is 101 Å². The lowest BCUT2D eigenvalue weighted by Crippen LogP contribution is -2.22. The third-order valence-electron chi connectivity index (χ3n) is 6.41. The highest BCUT2D eigenvalue weighted by Crippen LogP contribution is 2.40. The molecule has 1 N–H and O–H groups in total. The van der Waals surface area contributed by atoms with Crippen LogP contribution in [0.3, 0.4) is 0 Å². The van der Waals surface area contributed by atoms with Crippen molar-refractivity contribution >= 4 is 34.4 Å². The molecule has 4 nitrogen and oxygen atoms in total. The predicted molar refractivity (Wildman–Crippen MR) is 139 cm³/mol. The SMILES string of the molecule is CCSc1ccc(CNC(=O)c2ccc3c(c2)cc(C(=O)c2ccc(C(F)(F)F)cc2)n3C2CC2)cc1. The van der Waals surface area contributed by atoms with Crippen LogP contribution in [0.15, 0.2) is 77.7 Å². The number of carbonyl (C=O) groups is 2. The minimum Gasteiger partial charge on any atom is -0.348 e. The molecule has 3 aromatic carbocycles. The van der Waals surface area contributed by atoms with Crippen LogP contribution in [0.4, 0.5) is 13.2 Å². The number of nitrogens with zero attached hydrogens (tertiary/aromatic N) is 1. The summed E-state index contributed by atoms with van der Waals surface area (Å²) < 4.78 is 40.8. The molecular formula is C29H25F3N2O2S. The molecule has 0 bridgehead atoms. The van der Waals surface area contributed by atoms with Crippen LogP contribution in [0.2, 0.25) is 0 Å². The summed E-state index contributed by atoms with van der Waals surface area (Å²) in [6.45, 7) is 2.50. The zero-order valence-corrected chi connectivity index (χ0v) is 21.0. The van der Waals surface area contributed by atoms with E-state index in [1.165, 1.54) is 17.0 Å². The van der Waals surface area contributed by atoms with Crippen molar-refractivity contribution in [2.45, 2.75) is 43.4 Å². The number of ketones is 1. The molecule has 0 saturated heterocycles. The van der Waals surface area contributed by atoms with Gasteiger partial charge >= 0.3 is 6.18 Å². The quantitative estimate of drug-likeness (QED) is 0.196. The second-order valence-corrected chi connectivity index (χ2v) is 10.4. The smallest absolute Gasteiger partial charge is 0.348 e. The Hall–Kier alpha value is -3.52. The molecule has 1 heterocycles. The molecule has 1 saturated carbocycles. The average molecular weight is 523 g/mol. The van der Waals surface area contributed by atoms with Crippen LogP contribution >= 0.6 is 11.8 Å². The lowest BCUT2D eigenvalue weighted by Gasteiger charge is -2.10. The lowest BCUT2D eigenvalue weighted by atomic mass is 10.1. The van der Waals surface area contributed by atoms with Crippen molar-refractivity contribution in [1.82, 2.24) is 9.88 Å². The second kappa shape index (κ2) is 10.1. The molecule has 0 aliphatic heterocycles. The van der Waals surface area contributed by atoms with Crippen LogP contribution in [0.25, 0.3) is 10.9 Å². The first-order chi connectivity index (χ1) is 17.7. The minimum atomic E-state index is -4.46. The Morgan fingerprint density at radius 1 is 0.946 bits per heavy atom. The summed E-state index contributed by atoms with van der Waals surface area (Å²) in [5.41, 5.74) is 2.13. The van der Waals surface area contributed by atoms with Gasteiger partial charge in [0.1, 0.15) is 0 Å². The number of alkyl halides is 3. The third kappa shape index (κ3) is 5.44. The van der Waals surface area contributed by atoms with Crippen LogP contribution in [0.1, 0.15) is 63.3 Å². The normalized spacial score (nSPS) is 13.6. The van der Waals surface area contributed by atoms with Crippen LogP contribution < -0.4 is 5.32 Å². The number of hydrogen-bond acceptors (Lipinski definition) is 3. The van der Waals surface area contributed by atoms with Crippen LogP contribution in [0.5, 0.6) is 0 Å². The topological polar surface area (TPSA) is 51.1 Å². The maximum absolute atomic E-state index is 13.3. The number of rotatable bonds is 8. The predicted octanol–water partition coefficient (Wildman–Crippen LogP) is 7.27. The summed E-state index contributed by atoms with van der Waals surface area (Å²) in [7, 11) is 0. The van der Waals surface area contributed by atoms with Gasteiger partial charge in [0.05, 0.1) is 11.3 Å². The van der Waals surface area contributed by atoms with Crippen LogP contribution in [-0.4, -0.2) is 22.0 Å². The fraction of sp³-hybridized carbons (Fsp3) is 0.241. The molecule has 37 heavy (non-hydrogen) atoms. The van der Waals surface area contributed by atoms with Gasteiger partial charge in [0.2, 0.25) is 5.78 Å². The molecule has 1 aromatic heterocycles. The number of amides is 1. The van der Waals surface area contributed by atoms with Crippen molar-refractivity contribution < 1.29 is 22.8 Å². The number of nitrogens with one attached hydrogen (secondary N) is 1. The van der Waals surface area contributed by atoms with E-state index >= 15 is 0 Å². The van der Waals surface area contributed by atoms with Gasteiger partial charge in [0, 0.05) is 39.5 Å². The first-order valence-electron chi connectivity index (χ1n) is 12.1. The Labute approximate surface area is 216 Å². The summed E-state index contributed by atoms with van der Waals surface area (Å²) in [5.74, 6) is 0.440. The molecule has 0 radical (unpaired) electrons. The van der Waals surface area contributed by atoms with E-state index in [-0.39, 0.29) is 23.3 Å². The summed E-state index contributed by atoms with van der Waals surface area (Å²) in [4.78, 5) is 27.3. The van der Waals surface area contributed by atoms with Crippen molar-refractivity contribution in [3.8, 4) is 0 Å². The molecule has 1 amide bonds. The van der Waals surface area contributed by atoms with Gasteiger partial charge in [-0.1, -0.05) is 31.2 Å². The molecule has 4 aromatic rings. The Morgan fingerprint density at radius 2 is 1.62 bits per heavy atom. The fourth-order valence-corrected chi connectivity index (χ4v) is 5.05. The van der Waals surface area contributed by atoms with Gasteiger partial charge in [-0.15, -0.1) is 11.8 Å². The number of carbonyl (C=O) groups excluding carboxylic acids is 2. The molecule has 8 heteroatoms. The van der Waals surface area contributed by atoms with Crippen molar-refractivity contribution in [2.75, 3.05) is 5.75 Å². The van der Waals surface area contributed by atoms with E-state index in [9.17, 15) is 22.8 Å². The van der Waals surface area contributed by atoms with E-state index < -0.39 is 11.7 Å². The number of halogens is 3. The first-order valence-corrected chi connectivity index (χ1v) is 13.1. The van der Waals surface area contributed by atoms with Crippen molar-refractivity contribution in [1.29, 1.82) is 0 Å². The van der Waals surface area contributed by atoms with Gasteiger partial charge in [-0.3, -0.25) is 9.59 Å². The summed E-state index contributed by atoms with van der Waals surface area (Å²) >= 11 is 1.76. The van der Waals surface area contributed by atoms with E-state index in [1.54, 1.807) is 30.0 Å². The maximum atomic E-state index is 13.3. The second-order valence-electron chi connectivity index (χ2n) is 9.07. The zero-order chi connectivity index (χ0) is 26.2. The Balaban J connectivity index is 1.37. The van der Waals surface area contributed by atoms with E-state index in [0.29, 0.717) is 17.8 Å². The molecule has 0 atom stereocenters. The third-order valence-corrected chi connectivity index (χ3v) is 7.30. The van der Waals surface area contributed by atoms with Gasteiger partial charge in [-0.2, -0.15) is 13.2 Å². The van der Waals surface area contributed by atoms with Gasteiger partial charge < -0.3 is 9.88 Å². The van der Waals surface area contributed by atoms with Crippen molar-refractivity contribution in [2.24, 2.45) is 0 Å². The Kier molecular flexibility index (Phi) is 6.86. The molecule has 5 rings (SSSR count). The summed E-state index contributed by atoms with van der Waals surface area (Å²) in [6, 6.07) is 19.6. The molecule has 1 fully saturated rings. The summed E-state index contributed by atoms with van der Waals surface area (Å²) in [6.07, 6.45) is -2.61. The molecule has 0 spiro atoms. The monoisotopic (exact) mass is 522 g/mol. The minimum absolute atomic E-state index is 0.166. The lowest BCUT2D eigenvalue weighted by molar-refractivity contribution is -0.137. The van der Waals surface area contributed by atoms with E-state index in [4.69, 9.17) is 0 Å². The number of aromatic nitrogens is 1. The summed E-state index contributed by atoms with van der Waals surface area (Å²) in [5, 5.41) is 3.69. The fourth-order valence-electron chi connectivity index (χ4n) is 4.39. The van der Waals surface area contributed by atoms with Crippen molar-refractivity contribution in [3.63, 3.8) is 0 Å².